The average Bonchev–Trinajstić information content (AvgIpc) is 3.07. The molecule has 2 aliphatic heterocycles. The Hall–Kier alpha value is -0.658. The first-order valence-corrected chi connectivity index (χ1v) is 16.6. The van der Waals surface area contributed by atoms with Gasteiger partial charge in [0.15, 0.2) is 16.3 Å². The summed E-state index contributed by atoms with van der Waals surface area (Å²) in [4.78, 5) is 32.3. The van der Waals surface area contributed by atoms with E-state index in [9.17, 15) is 18.4 Å². The third kappa shape index (κ3) is 6.62. The van der Waals surface area contributed by atoms with Crippen LogP contribution in [0, 0.1) is 11.8 Å². The first kappa shape index (κ1) is 30.6. The first-order chi connectivity index (χ1) is 16.5. The zero-order chi connectivity index (χ0) is 26.5. The van der Waals surface area contributed by atoms with Gasteiger partial charge in [-0.3, -0.25) is 9.35 Å². The SMILES string of the molecule is [B]NPOC(=O)C1=C(CN(C)CCN(C)S(=O)O)[C@H](C)[C@@H]2[C@@H]([C@@H](C)O[Si](CC)(CC)CC)C(=O)N12. The van der Waals surface area contributed by atoms with Crippen LogP contribution in [0.4, 0.5) is 0 Å². The summed E-state index contributed by atoms with van der Waals surface area (Å²) in [6.07, 6.45) is -0.229. The van der Waals surface area contributed by atoms with Gasteiger partial charge < -0.3 is 23.7 Å². The second-order valence-electron chi connectivity index (χ2n) is 9.41. The van der Waals surface area contributed by atoms with E-state index in [1.807, 2.05) is 25.8 Å². The second-order valence-corrected chi connectivity index (χ2v) is 15.9. The van der Waals surface area contributed by atoms with Crippen LogP contribution in [-0.4, -0.2) is 96.9 Å². The number of likely N-dealkylation sites (N-methyl/N-ethyl adjacent to an activating group) is 2. The smallest absolute Gasteiger partial charge is 0.358 e. The Kier molecular flexibility index (Phi) is 11.6. The summed E-state index contributed by atoms with van der Waals surface area (Å²) in [5.41, 5.74) is 1.11. The van der Waals surface area contributed by atoms with Gasteiger partial charge in [0.25, 0.3) is 0 Å². The van der Waals surface area contributed by atoms with Crippen LogP contribution in [0.3, 0.4) is 0 Å². The van der Waals surface area contributed by atoms with Crippen molar-refractivity contribution >= 4 is 48.4 Å². The van der Waals surface area contributed by atoms with Gasteiger partial charge in [-0.2, -0.15) is 0 Å². The van der Waals surface area contributed by atoms with E-state index in [1.165, 1.54) is 4.31 Å². The molecule has 1 saturated heterocycles. The number of hydrogen-bond acceptors (Lipinski definition) is 7. The van der Waals surface area contributed by atoms with E-state index in [4.69, 9.17) is 16.9 Å². The van der Waals surface area contributed by atoms with Gasteiger partial charge in [-0.15, -0.1) is 0 Å². The highest BCUT2D eigenvalue weighted by atomic mass is 32.2. The fourth-order valence-corrected chi connectivity index (χ4v) is 8.60. The van der Waals surface area contributed by atoms with Crippen molar-refractivity contribution in [1.29, 1.82) is 0 Å². The van der Waals surface area contributed by atoms with Crippen molar-refractivity contribution in [2.24, 2.45) is 11.8 Å². The van der Waals surface area contributed by atoms with Crippen LogP contribution in [0.15, 0.2) is 11.3 Å². The molecule has 6 atom stereocenters. The fraction of sp³-hybridized carbons (Fsp3) is 0.810. The maximum absolute atomic E-state index is 13.4. The number of β-lactam (4-membered cyclic amide) rings is 1. The topological polar surface area (TPSA) is 112 Å². The Balaban J connectivity index is 2.27. The minimum Gasteiger partial charge on any atom is -0.428 e. The molecule has 1 fully saturated rings. The lowest BCUT2D eigenvalue weighted by Gasteiger charge is -2.49. The molecule has 2 heterocycles. The zero-order valence-corrected chi connectivity index (χ0v) is 24.7. The number of nitrogens with zero attached hydrogens (tertiary/aromatic N) is 3. The van der Waals surface area contributed by atoms with Gasteiger partial charge in [0.1, 0.15) is 14.7 Å². The molecular weight excluding hydrogens is 506 g/mol. The van der Waals surface area contributed by atoms with Crippen LogP contribution in [-0.2, 0) is 29.8 Å². The number of amides is 1. The highest BCUT2D eigenvalue weighted by molar-refractivity contribution is 7.76. The van der Waals surface area contributed by atoms with Gasteiger partial charge in [0.05, 0.1) is 18.1 Å². The molecule has 0 saturated carbocycles. The summed E-state index contributed by atoms with van der Waals surface area (Å²) in [5, 5.41) is 0. The molecule has 0 aromatic carbocycles. The van der Waals surface area contributed by atoms with E-state index < -0.39 is 34.5 Å². The summed E-state index contributed by atoms with van der Waals surface area (Å²) >= 11 is -2.04. The van der Waals surface area contributed by atoms with E-state index >= 15 is 0 Å². The monoisotopic (exact) mass is 546 g/mol. The lowest BCUT2D eigenvalue weighted by molar-refractivity contribution is -0.161. The number of carbonyl (C=O) groups is 2. The summed E-state index contributed by atoms with van der Waals surface area (Å²) in [7, 11) is 6.40. The summed E-state index contributed by atoms with van der Waals surface area (Å²) in [6, 6.07) is 2.84. The molecule has 2 unspecified atom stereocenters. The van der Waals surface area contributed by atoms with Crippen LogP contribution in [0.25, 0.3) is 0 Å². The lowest BCUT2D eigenvalue weighted by atomic mass is 9.77. The molecule has 0 bridgehead atoms. The first-order valence-electron chi connectivity index (χ1n) is 12.1. The third-order valence-corrected chi connectivity index (χ3v) is 13.4. The molecule has 2 N–H and O–H groups in total. The molecule has 0 spiro atoms. The number of rotatable bonds is 15. The number of nitrogens with one attached hydrogen (secondary N) is 1. The van der Waals surface area contributed by atoms with Crippen molar-refractivity contribution in [2.45, 2.75) is 64.9 Å². The summed E-state index contributed by atoms with van der Waals surface area (Å²) in [5.74, 6) is -1.06. The van der Waals surface area contributed by atoms with Crippen molar-refractivity contribution in [3.05, 3.63) is 11.3 Å². The van der Waals surface area contributed by atoms with E-state index in [0.717, 1.165) is 23.7 Å². The third-order valence-electron chi connectivity index (χ3n) is 7.57. The average molecular weight is 547 g/mol. The Labute approximate surface area is 216 Å². The largest absolute Gasteiger partial charge is 0.428 e. The molecule has 2 rings (SSSR count). The predicted molar refractivity (Wildman–Crippen MR) is 142 cm³/mol. The van der Waals surface area contributed by atoms with E-state index in [0.29, 0.717) is 19.6 Å². The minimum absolute atomic E-state index is 0.0615. The van der Waals surface area contributed by atoms with Crippen molar-refractivity contribution in [3.8, 4) is 0 Å². The van der Waals surface area contributed by atoms with Crippen molar-refractivity contribution in [2.75, 3.05) is 33.7 Å². The molecular formula is C21H40BN4O6PSSi. The van der Waals surface area contributed by atoms with Crippen molar-refractivity contribution in [3.63, 3.8) is 0 Å². The normalized spacial score (nSPS) is 24.5. The minimum atomic E-state index is -2.04. The van der Waals surface area contributed by atoms with Crippen LogP contribution in [0.5, 0.6) is 0 Å². The van der Waals surface area contributed by atoms with E-state index in [2.05, 4.69) is 25.8 Å². The quantitative estimate of drug-likeness (QED) is 0.139. The predicted octanol–water partition coefficient (Wildman–Crippen LogP) is 1.85. The lowest BCUT2D eigenvalue weighted by Crippen LogP contribution is -2.65. The molecule has 14 heteroatoms. The zero-order valence-electron chi connectivity index (χ0n) is 21.9. The van der Waals surface area contributed by atoms with Gasteiger partial charge in [-0.25, -0.2) is 13.3 Å². The van der Waals surface area contributed by atoms with Crippen LogP contribution < -0.4 is 5.00 Å². The van der Waals surface area contributed by atoms with Crippen molar-refractivity contribution in [1.82, 2.24) is 19.1 Å². The standard InChI is InChI=1S/C21H40BN4O6PSSi/c1-8-35(9-2,10-3)32-15(5)17-18-14(4)16(13-24(6)11-12-25(7)34(29)30)19(26(18)20(17)27)21(28)31-33-23-22/h14-15,17-18,23,33H,8-13H2,1-7H3,(H,29,30)/t14-,15+,17+,18+/m0/s1. The molecule has 198 valence electrons. The van der Waals surface area contributed by atoms with Crippen LogP contribution in [0.1, 0.15) is 34.6 Å². The Morgan fingerprint density at radius 2 is 1.89 bits per heavy atom. The molecule has 1 amide bonds. The molecule has 2 aliphatic rings. The molecule has 10 nitrogen and oxygen atoms in total. The molecule has 0 aromatic heterocycles. The van der Waals surface area contributed by atoms with Crippen LogP contribution in [0.2, 0.25) is 18.1 Å². The Bertz CT molecular complexity index is 827. The summed E-state index contributed by atoms with van der Waals surface area (Å²) < 4.78 is 33.7. The maximum atomic E-state index is 13.4. The molecule has 0 aliphatic carbocycles. The van der Waals surface area contributed by atoms with Gasteiger partial charge in [-0.1, -0.05) is 27.7 Å². The second kappa shape index (κ2) is 13.2. The van der Waals surface area contributed by atoms with Crippen molar-refractivity contribution < 1.29 is 27.3 Å². The highest BCUT2D eigenvalue weighted by Gasteiger charge is 2.60. The highest BCUT2D eigenvalue weighted by Crippen LogP contribution is 2.49. The van der Waals surface area contributed by atoms with Gasteiger partial charge >= 0.3 is 5.97 Å². The van der Waals surface area contributed by atoms with E-state index in [1.54, 1.807) is 11.9 Å². The maximum Gasteiger partial charge on any atom is 0.358 e. The molecule has 35 heavy (non-hydrogen) atoms. The van der Waals surface area contributed by atoms with Gasteiger partial charge in [-0.05, 0) is 37.7 Å². The van der Waals surface area contributed by atoms with Gasteiger partial charge in [0.2, 0.25) is 17.2 Å². The number of fused-ring (bicyclic) bond motifs is 1. The summed E-state index contributed by atoms with van der Waals surface area (Å²) in [6.45, 7) is 11.8. The van der Waals surface area contributed by atoms with E-state index in [-0.39, 0.29) is 35.6 Å². The Morgan fingerprint density at radius 3 is 2.40 bits per heavy atom. The van der Waals surface area contributed by atoms with Crippen LogP contribution >= 0.6 is 8.96 Å². The molecule has 2 radical (unpaired) electrons. The Morgan fingerprint density at radius 1 is 1.29 bits per heavy atom. The van der Waals surface area contributed by atoms with Gasteiger partial charge in [0, 0.05) is 32.6 Å². The fourth-order valence-electron chi connectivity index (χ4n) is 5.18. The number of carbonyl (C=O) groups excluding carboxylic acids is 2. The molecule has 0 aromatic rings. The number of hydrogen-bond donors (Lipinski definition) is 2.